The molecule has 1 radical (unpaired) electrons. The molecule has 19 heavy (non-hydrogen) atoms. The molecule has 0 aromatic rings. The topological polar surface area (TPSA) is 397 Å². The minimum atomic E-state index is -2.85. The normalized spacial score (nSPS) is 5.68. The zero-order chi connectivity index (χ0) is 10.7. The van der Waals surface area contributed by atoms with Crippen LogP contribution in [0.3, 0.4) is 0 Å². The Bertz CT molecular complexity index is 45.9. The third kappa shape index (κ3) is 8500. The molecule has 0 aliphatic carbocycles. The number of rotatable bonds is 0. The minimum absolute atomic E-state index is 0. The molecule has 0 aromatic carbocycles. The predicted octanol–water partition coefficient (Wildman–Crippen LogP) is -15.7. The van der Waals surface area contributed by atoms with E-state index in [4.69, 9.17) is 41.9 Å². The molecule has 19 heteroatoms. The maximum atomic E-state index is 8.41. The van der Waals surface area contributed by atoms with Crippen LogP contribution in [-0.4, -0.2) is 32.9 Å². The zero-order valence-corrected chi connectivity index (χ0v) is 11.5. The quantitative estimate of drug-likeness (QED) is 0.339. The number of hydrogen-bond acceptors (Lipinski definition) is 9. The Kier molecular flexibility index (Phi) is 238. The van der Waals surface area contributed by atoms with Crippen LogP contribution < -0.4 is 41.9 Å². The van der Waals surface area contributed by atoms with Crippen LogP contribution in [0.25, 0.3) is 0 Å². The smallest absolute Gasteiger partial charge is 0.412 e. The molecular weight excluding hydrogens is 402 g/mol. The van der Waals surface area contributed by atoms with Crippen molar-refractivity contribution in [3.8, 4) is 0 Å². The summed E-state index contributed by atoms with van der Waals surface area (Å²) in [6, 6.07) is 0. The van der Waals surface area contributed by atoms with Crippen molar-refractivity contribution in [1.29, 1.82) is 0 Å². The summed E-state index contributed by atoms with van der Waals surface area (Å²) in [4.78, 5) is 0. The van der Waals surface area contributed by atoms with Crippen molar-refractivity contribution < 1.29 is 124 Å². The molecule has 0 saturated heterocycles. The maximum Gasteiger partial charge on any atom is 3.00 e. The van der Waals surface area contributed by atoms with E-state index in [1.807, 2.05) is 0 Å². The van der Waals surface area contributed by atoms with Gasteiger partial charge in [0.05, 0.1) is 32.4 Å². The summed E-state index contributed by atoms with van der Waals surface area (Å²) in [5.41, 5.74) is 0. The molecule has 131 valence electrons. The van der Waals surface area contributed by atoms with Gasteiger partial charge in [0.25, 0.3) is 0 Å². The number of hydrogen-bond donors (Lipinski definition) is 0. The third-order valence-corrected chi connectivity index (χ3v) is 0. The molecule has 15 nitrogen and oxygen atoms in total. The largest absolute Gasteiger partial charge is 3.00 e. The molecule has 0 aromatic heterocycles. The molecule has 0 spiro atoms. The Morgan fingerprint density at radius 3 is 0.316 bits per heavy atom. The van der Waals surface area contributed by atoms with Crippen LogP contribution in [0.2, 0.25) is 0 Å². The fraction of sp³-hybridized carbons (Fsp3) is 0. The van der Waals surface area contributed by atoms with Crippen molar-refractivity contribution in [3.05, 3.63) is 0 Å². The van der Waals surface area contributed by atoms with Gasteiger partial charge in [-0.05, 0) is 0 Å². The van der Waals surface area contributed by atoms with Crippen molar-refractivity contribution in [1.82, 2.24) is 0 Å². The second-order valence-corrected chi connectivity index (χ2v) is 1.70. The van der Waals surface area contributed by atoms with E-state index in [9.17, 15) is 0 Å². The van der Waals surface area contributed by atoms with Crippen LogP contribution in [0.1, 0.15) is 0 Å². The van der Waals surface area contributed by atoms with Gasteiger partial charge in [-0.3, -0.25) is 0 Å². The molecule has 0 unspecified atom stereocenters. The number of halogens is 3. The van der Waals surface area contributed by atoms with Gasteiger partial charge in [0, 0.05) is 0 Å². The molecule has 0 aliphatic rings. The van der Waals surface area contributed by atoms with E-state index < -0.39 is 32.4 Å². The van der Waals surface area contributed by atoms with E-state index in [1.54, 1.807) is 0 Å². The molecule has 0 saturated carbocycles. The molecule has 12 N–H and O–H groups in total. The van der Waals surface area contributed by atoms with Crippen LogP contribution >= 0.6 is 0 Å². The summed E-state index contributed by atoms with van der Waals surface area (Å²) in [5, 5.41) is 0. The van der Waals surface area contributed by atoms with E-state index >= 15 is 0 Å². The molecule has 0 atom stereocenters. The van der Waals surface area contributed by atoms with E-state index in [1.165, 1.54) is 0 Å². The van der Waals surface area contributed by atoms with Crippen LogP contribution in [0.5, 0.6) is 0 Å². The van der Waals surface area contributed by atoms with Crippen molar-refractivity contribution in [2.24, 2.45) is 0 Å². The summed E-state index contributed by atoms with van der Waals surface area (Å²) >= 11 is 0. The second kappa shape index (κ2) is 62.0. The first-order valence-electron chi connectivity index (χ1n) is 1.39. The second-order valence-electron chi connectivity index (χ2n) is 0.567. The van der Waals surface area contributed by atoms with Gasteiger partial charge in [-0.1, -0.05) is 0 Å². The van der Waals surface area contributed by atoms with Crippen molar-refractivity contribution >= 4 is 0 Å². The van der Waals surface area contributed by atoms with Crippen molar-refractivity contribution in [2.45, 2.75) is 0 Å². The van der Waals surface area contributed by atoms with E-state index in [0.717, 1.165) is 0 Å². The SMILES string of the molecule is O.O.O.O.O.O.[Fe+3].[O-][Cl+2]([O-])[O-].[O-][Cl+2]([O-])[O-].[O-][Cl+2]([O-])[O-]. The van der Waals surface area contributed by atoms with Gasteiger partial charge in [0.15, 0.2) is 0 Å². The summed E-state index contributed by atoms with van der Waals surface area (Å²) in [5.74, 6) is 0. The van der Waals surface area contributed by atoms with Crippen LogP contribution in [0.4, 0.5) is 0 Å². The average Bonchev–Trinajstić information content (AvgIpc) is 1.54. The van der Waals surface area contributed by atoms with Crippen LogP contribution in [0, 0.1) is 32.4 Å². The first-order valence-corrected chi connectivity index (χ1v) is 4.17. The fourth-order valence-electron chi connectivity index (χ4n) is 0. The molecule has 0 amide bonds. The first kappa shape index (κ1) is 72.9. The van der Waals surface area contributed by atoms with E-state index in [2.05, 4.69) is 0 Å². The Morgan fingerprint density at radius 1 is 0.316 bits per heavy atom. The van der Waals surface area contributed by atoms with Crippen LogP contribution in [-0.2, 0) is 17.1 Å². The summed E-state index contributed by atoms with van der Waals surface area (Å²) in [6.07, 6.45) is 0. The van der Waals surface area contributed by atoms with Crippen molar-refractivity contribution in [3.63, 3.8) is 0 Å². The van der Waals surface area contributed by atoms with Gasteiger partial charge < -0.3 is 74.8 Å². The summed E-state index contributed by atoms with van der Waals surface area (Å²) in [6.45, 7) is 0. The molecular formula is H12Cl3FeO15. The van der Waals surface area contributed by atoms with Gasteiger partial charge in [0.2, 0.25) is 0 Å². The average molecular weight is 414 g/mol. The Morgan fingerprint density at radius 2 is 0.316 bits per heavy atom. The van der Waals surface area contributed by atoms with Gasteiger partial charge in [-0.2, -0.15) is 0 Å². The monoisotopic (exact) mass is 413 g/mol. The van der Waals surface area contributed by atoms with E-state index in [-0.39, 0.29) is 49.9 Å². The summed E-state index contributed by atoms with van der Waals surface area (Å²) < 4.78 is 75.7. The Balaban J connectivity index is -0.00000000675. The van der Waals surface area contributed by atoms with Gasteiger partial charge >= 0.3 is 17.1 Å². The molecule has 0 heterocycles. The zero-order valence-electron chi connectivity index (χ0n) is 8.16. The Labute approximate surface area is 124 Å². The van der Waals surface area contributed by atoms with Gasteiger partial charge in [-0.15, -0.1) is 0 Å². The standard InChI is InChI=1S/3ClO3.Fe.6H2O/c3*2-1(3)4;;;;;;;/h;;;;6*1H2/q3*-1;+3;;;;;;. The minimum Gasteiger partial charge on any atom is -0.412 e. The fourth-order valence-corrected chi connectivity index (χ4v) is 0. The Hall–Kier alpha value is 0.789. The molecule has 0 bridgehead atoms. The van der Waals surface area contributed by atoms with E-state index in [0.29, 0.717) is 0 Å². The first-order chi connectivity index (χ1) is 5.20. The van der Waals surface area contributed by atoms with Gasteiger partial charge in [0.1, 0.15) is 0 Å². The molecule has 0 rings (SSSR count). The van der Waals surface area contributed by atoms with Crippen LogP contribution in [0.15, 0.2) is 0 Å². The van der Waals surface area contributed by atoms with Gasteiger partial charge in [-0.25, -0.2) is 0 Å². The maximum absolute atomic E-state index is 8.41. The molecule has 0 fully saturated rings. The van der Waals surface area contributed by atoms with Crippen molar-refractivity contribution in [2.75, 3.05) is 0 Å². The third-order valence-electron chi connectivity index (χ3n) is 0. The predicted molar refractivity (Wildman–Crippen MR) is 21.7 cm³/mol. The molecule has 0 aliphatic heterocycles. The summed E-state index contributed by atoms with van der Waals surface area (Å²) in [7, 11) is -8.56.